The van der Waals surface area contributed by atoms with Gasteiger partial charge in [-0.05, 0) is 31.4 Å². The van der Waals surface area contributed by atoms with E-state index in [1.165, 1.54) is 16.8 Å². The maximum Gasteiger partial charge on any atom is 0.262 e. The lowest BCUT2D eigenvalue weighted by molar-refractivity contribution is -0.0891. The van der Waals surface area contributed by atoms with Crippen LogP contribution >= 0.6 is 35.6 Å². The van der Waals surface area contributed by atoms with E-state index in [0.29, 0.717) is 19.5 Å². The van der Waals surface area contributed by atoms with Crippen molar-refractivity contribution in [1.82, 2.24) is 18.8 Å². The van der Waals surface area contributed by atoms with Gasteiger partial charge in [-0.15, -0.1) is 12.4 Å². The second-order valence-corrected chi connectivity index (χ2v) is 12.1. The summed E-state index contributed by atoms with van der Waals surface area (Å²) in [6.07, 6.45) is 3.31. The number of imidazole rings is 1. The standard InChI is InChI=1S/C23H28Cl2F2N4O3S.ClH/c1-29-15-20(28-16-29)35(33,34)31-13-11-30(12-14-31)22(7-9-23(26,27)10-8-22)6-5-19(32)21-17(24)3-2-4-18(21)25;/h2-4,15-16H,5-14H2,1H3;1H. The number of ketones is 1. The highest BCUT2D eigenvalue weighted by Gasteiger charge is 2.47. The van der Waals surface area contributed by atoms with Crippen molar-refractivity contribution in [2.45, 2.75) is 55.0 Å². The van der Waals surface area contributed by atoms with Crippen molar-refractivity contribution in [2.75, 3.05) is 26.2 Å². The number of halogens is 5. The van der Waals surface area contributed by atoms with E-state index in [1.54, 1.807) is 29.8 Å². The van der Waals surface area contributed by atoms with Gasteiger partial charge in [0.1, 0.15) is 0 Å². The molecule has 2 aromatic rings. The molecule has 0 bridgehead atoms. The Morgan fingerprint density at radius 2 is 1.64 bits per heavy atom. The van der Waals surface area contributed by atoms with Gasteiger partial charge in [0.05, 0.1) is 21.9 Å². The summed E-state index contributed by atoms with van der Waals surface area (Å²) in [4.78, 5) is 19.1. The topological polar surface area (TPSA) is 75.5 Å². The fourth-order valence-electron chi connectivity index (χ4n) is 5.10. The van der Waals surface area contributed by atoms with Gasteiger partial charge in [0.15, 0.2) is 10.8 Å². The number of sulfonamides is 1. The molecule has 36 heavy (non-hydrogen) atoms. The highest BCUT2D eigenvalue weighted by molar-refractivity contribution is 7.89. The first-order valence-electron chi connectivity index (χ1n) is 11.5. The third-order valence-corrected chi connectivity index (χ3v) is 9.58. The van der Waals surface area contributed by atoms with Crippen LogP contribution in [-0.4, -0.2) is 70.6 Å². The van der Waals surface area contributed by atoms with Crippen LogP contribution in [0.5, 0.6) is 0 Å². The Hall–Kier alpha value is -1.30. The zero-order valence-corrected chi connectivity index (χ0v) is 22.9. The summed E-state index contributed by atoms with van der Waals surface area (Å²) in [5.74, 6) is -2.96. The molecule has 2 heterocycles. The highest BCUT2D eigenvalue weighted by atomic mass is 35.5. The molecule has 1 aromatic heterocycles. The van der Waals surface area contributed by atoms with Crippen LogP contribution in [0.4, 0.5) is 8.78 Å². The quantitative estimate of drug-likeness (QED) is 0.425. The van der Waals surface area contributed by atoms with Gasteiger partial charge in [0.2, 0.25) is 5.92 Å². The molecular weight excluding hydrogens is 557 g/mol. The average molecular weight is 586 g/mol. The first-order valence-corrected chi connectivity index (χ1v) is 13.7. The number of benzene rings is 1. The second-order valence-electron chi connectivity index (χ2n) is 9.37. The molecule has 2 aliphatic rings. The predicted octanol–water partition coefficient (Wildman–Crippen LogP) is 5.07. The van der Waals surface area contributed by atoms with Crippen LogP contribution in [0.1, 0.15) is 48.9 Å². The zero-order valence-electron chi connectivity index (χ0n) is 19.8. The lowest BCUT2D eigenvalue weighted by Gasteiger charge is -2.50. The Balaban J connectivity index is 0.00000361. The summed E-state index contributed by atoms with van der Waals surface area (Å²) in [5, 5.41) is 0.517. The average Bonchev–Trinajstić information content (AvgIpc) is 3.26. The summed E-state index contributed by atoms with van der Waals surface area (Å²) >= 11 is 12.4. The van der Waals surface area contributed by atoms with Gasteiger partial charge in [0, 0.05) is 64.2 Å². The molecule has 200 valence electrons. The molecule has 4 rings (SSSR count). The van der Waals surface area contributed by atoms with E-state index in [0.717, 1.165) is 0 Å². The number of carbonyl (C=O) groups is 1. The minimum absolute atomic E-state index is 0. The third-order valence-electron chi connectivity index (χ3n) is 7.17. The fourth-order valence-corrected chi connectivity index (χ4v) is 7.09. The minimum Gasteiger partial charge on any atom is -0.339 e. The molecular formula is C23H29Cl3F2N4O3S. The van der Waals surface area contributed by atoms with Crippen molar-refractivity contribution in [3.63, 3.8) is 0 Å². The molecule has 0 spiro atoms. The van der Waals surface area contributed by atoms with Gasteiger partial charge in [-0.3, -0.25) is 9.69 Å². The Morgan fingerprint density at radius 3 is 2.17 bits per heavy atom. The number of alkyl halides is 2. The Kier molecular flexibility index (Phi) is 9.11. The summed E-state index contributed by atoms with van der Waals surface area (Å²) in [7, 11) is -2.04. The summed E-state index contributed by atoms with van der Waals surface area (Å²) < 4.78 is 57.0. The number of Topliss-reactive ketones (excluding diaryl/α,β-unsaturated/α-hetero) is 1. The number of nitrogens with zero attached hydrogens (tertiary/aromatic N) is 4. The number of carbonyl (C=O) groups excluding carboxylic acids is 1. The zero-order chi connectivity index (χ0) is 25.4. The molecule has 0 atom stereocenters. The van der Waals surface area contributed by atoms with Gasteiger partial charge in [-0.2, -0.15) is 4.31 Å². The first-order chi connectivity index (χ1) is 16.4. The lowest BCUT2D eigenvalue weighted by atomic mass is 9.74. The monoisotopic (exact) mass is 584 g/mol. The van der Waals surface area contributed by atoms with E-state index >= 15 is 0 Å². The highest BCUT2D eigenvalue weighted by Crippen LogP contribution is 2.45. The molecule has 0 N–H and O–H groups in total. The number of aryl methyl sites for hydroxylation is 1. The van der Waals surface area contributed by atoms with Gasteiger partial charge in [-0.1, -0.05) is 29.3 Å². The number of aromatic nitrogens is 2. The molecule has 13 heteroatoms. The Morgan fingerprint density at radius 1 is 1.06 bits per heavy atom. The van der Waals surface area contributed by atoms with Gasteiger partial charge in [-0.25, -0.2) is 22.2 Å². The largest absolute Gasteiger partial charge is 0.339 e. The molecule has 7 nitrogen and oxygen atoms in total. The van der Waals surface area contributed by atoms with Crippen molar-refractivity contribution >= 4 is 51.4 Å². The molecule has 1 saturated heterocycles. The van der Waals surface area contributed by atoms with E-state index in [-0.39, 0.29) is 84.0 Å². The number of hydrogen-bond acceptors (Lipinski definition) is 5. The molecule has 1 saturated carbocycles. The normalized spacial score (nSPS) is 20.6. The molecule has 1 aliphatic heterocycles. The van der Waals surface area contributed by atoms with E-state index in [9.17, 15) is 22.0 Å². The van der Waals surface area contributed by atoms with Crippen LogP contribution in [0.15, 0.2) is 35.7 Å². The molecule has 1 aliphatic carbocycles. The van der Waals surface area contributed by atoms with Crippen LogP contribution < -0.4 is 0 Å². The smallest absolute Gasteiger partial charge is 0.262 e. The van der Waals surface area contributed by atoms with E-state index in [4.69, 9.17) is 23.2 Å². The second kappa shape index (κ2) is 11.2. The van der Waals surface area contributed by atoms with E-state index in [2.05, 4.69) is 9.88 Å². The maximum absolute atomic E-state index is 14.1. The number of rotatable bonds is 7. The molecule has 1 aromatic carbocycles. The summed E-state index contributed by atoms with van der Waals surface area (Å²) in [6, 6.07) is 4.85. The van der Waals surface area contributed by atoms with Gasteiger partial charge >= 0.3 is 0 Å². The van der Waals surface area contributed by atoms with E-state index < -0.39 is 21.5 Å². The van der Waals surface area contributed by atoms with Crippen LogP contribution in [0.3, 0.4) is 0 Å². The third kappa shape index (κ3) is 6.05. The Labute approximate surface area is 226 Å². The van der Waals surface area contributed by atoms with Gasteiger partial charge in [0.25, 0.3) is 10.0 Å². The lowest BCUT2D eigenvalue weighted by Crippen LogP contribution is -2.59. The maximum atomic E-state index is 14.1. The molecule has 0 unspecified atom stereocenters. The minimum atomic E-state index is -3.73. The van der Waals surface area contributed by atoms with Crippen LogP contribution in [0.2, 0.25) is 10.0 Å². The van der Waals surface area contributed by atoms with Crippen molar-refractivity contribution in [1.29, 1.82) is 0 Å². The van der Waals surface area contributed by atoms with E-state index in [1.807, 2.05) is 0 Å². The Bertz CT molecular complexity index is 1170. The van der Waals surface area contributed by atoms with Crippen molar-refractivity contribution in [3.8, 4) is 0 Å². The molecule has 0 amide bonds. The van der Waals surface area contributed by atoms with Crippen molar-refractivity contribution in [3.05, 3.63) is 46.3 Å². The summed E-state index contributed by atoms with van der Waals surface area (Å²) in [5.41, 5.74) is -0.371. The van der Waals surface area contributed by atoms with Crippen LogP contribution in [0, 0.1) is 0 Å². The molecule has 2 fully saturated rings. The van der Waals surface area contributed by atoms with Crippen LogP contribution in [-0.2, 0) is 17.1 Å². The summed E-state index contributed by atoms with van der Waals surface area (Å²) in [6.45, 7) is 1.22. The number of piperazine rings is 1. The van der Waals surface area contributed by atoms with Crippen molar-refractivity contribution in [2.24, 2.45) is 7.05 Å². The van der Waals surface area contributed by atoms with Gasteiger partial charge < -0.3 is 4.57 Å². The predicted molar refractivity (Wildman–Crippen MR) is 137 cm³/mol. The number of hydrogen-bond donors (Lipinski definition) is 0. The molecule has 0 radical (unpaired) electrons. The first kappa shape index (κ1) is 29.3. The SMILES string of the molecule is Cl.Cn1cnc(S(=O)(=O)N2CCN(C3(CCC(=O)c4c(Cl)cccc4Cl)CCC(F)(F)CC3)CC2)c1. The fraction of sp³-hybridized carbons (Fsp3) is 0.565. The van der Waals surface area contributed by atoms with Crippen LogP contribution in [0.25, 0.3) is 0 Å². The van der Waals surface area contributed by atoms with Crippen molar-refractivity contribution < 1.29 is 22.0 Å².